The minimum atomic E-state index is -1.85. The molecule has 90 valence electrons. The van der Waals surface area contributed by atoms with Crippen LogP contribution in [0.3, 0.4) is 0 Å². The van der Waals surface area contributed by atoms with Crippen LogP contribution in [0.5, 0.6) is 5.75 Å². The second kappa shape index (κ2) is 4.13. The van der Waals surface area contributed by atoms with Crippen LogP contribution in [0.2, 0.25) is 0 Å². The maximum atomic E-state index is 8.62. The Morgan fingerprint density at radius 1 is 1.29 bits per heavy atom. The standard InChI is InChI=1S/C9H12BN3O4/c14-10(15)17-8-2-11-9(12-3-8)13-4-6-1-7(5-13)16-6/h2-3,6-7,14-15H,1,4-5H2. The molecule has 2 atom stereocenters. The highest BCUT2D eigenvalue weighted by Crippen LogP contribution is 2.29. The van der Waals surface area contributed by atoms with Gasteiger partial charge in [-0.25, -0.2) is 9.97 Å². The van der Waals surface area contributed by atoms with Crippen molar-refractivity contribution in [3.05, 3.63) is 12.4 Å². The van der Waals surface area contributed by atoms with Crippen molar-refractivity contribution in [1.29, 1.82) is 0 Å². The van der Waals surface area contributed by atoms with Gasteiger partial charge in [0.1, 0.15) is 5.75 Å². The molecule has 2 unspecified atom stereocenters. The molecule has 8 heteroatoms. The summed E-state index contributed by atoms with van der Waals surface area (Å²) in [6.45, 7) is 1.61. The Balaban J connectivity index is 1.67. The second-order valence-corrected chi connectivity index (χ2v) is 4.18. The van der Waals surface area contributed by atoms with Crippen molar-refractivity contribution >= 4 is 13.3 Å². The van der Waals surface area contributed by atoms with Gasteiger partial charge in [0.15, 0.2) is 0 Å². The number of aromatic nitrogens is 2. The molecule has 1 aromatic rings. The van der Waals surface area contributed by atoms with Crippen molar-refractivity contribution in [2.24, 2.45) is 0 Å². The van der Waals surface area contributed by atoms with Crippen LogP contribution in [0.1, 0.15) is 6.42 Å². The lowest BCUT2D eigenvalue weighted by Gasteiger charge is -2.46. The zero-order valence-electron chi connectivity index (χ0n) is 9.06. The molecule has 0 amide bonds. The summed E-state index contributed by atoms with van der Waals surface area (Å²) in [5, 5.41) is 17.2. The molecule has 2 bridgehead atoms. The Morgan fingerprint density at radius 3 is 2.41 bits per heavy atom. The summed E-state index contributed by atoms with van der Waals surface area (Å²) in [7, 11) is -1.85. The fourth-order valence-corrected chi connectivity index (χ4v) is 2.17. The Kier molecular flexibility index (Phi) is 2.62. The van der Waals surface area contributed by atoms with E-state index < -0.39 is 7.32 Å². The van der Waals surface area contributed by atoms with Crippen LogP contribution >= 0.6 is 0 Å². The van der Waals surface area contributed by atoms with E-state index in [1.54, 1.807) is 0 Å². The lowest BCUT2D eigenvalue weighted by Crippen LogP contribution is -2.57. The van der Waals surface area contributed by atoms with E-state index in [-0.39, 0.29) is 5.75 Å². The molecule has 17 heavy (non-hydrogen) atoms. The van der Waals surface area contributed by atoms with Crippen molar-refractivity contribution in [1.82, 2.24) is 9.97 Å². The molecule has 7 nitrogen and oxygen atoms in total. The van der Waals surface area contributed by atoms with E-state index in [9.17, 15) is 0 Å². The van der Waals surface area contributed by atoms with Crippen molar-refractivity contribution in [3.63, 3.8) is 0 Å². The van der Waals surface area contributed by atoms with E-state index in [1.165, 1.54) is 12.4 Å². The van der Waals surface area contributed by atoms with E-state index in [2.05, 4.69) is 19.5 Å². The van der Waals surface area contributed by atoms with Gasteiger partial charge in [0.25, 0.3) is 0 Å². The summed E-state index contributed by atoms with van der Waals surface area (Å²) in [4.78, 5) is 10.3. The van der Waals surface area contributed by atoms with Crippen LogP contribution in [-0.2, 0) is 4.74 Å². The van der Waals surface area contributed by atoms with Gasteiger partial charge in [-0.2, -0.15) is 0 Å². The lowest BCUT2D eigenvalue weighted by atomic mass is 9.99. The minimum absolute atomic E-state index is 0.224. The number of nitrogens with zero attached hydrogens (tertiary/aromatic N) is 3. The normalized spacial score (nSPS) is 26.4. The summed E-state index contributed by atoms with van der Waals surface area (Å²) in [6, 6.07) is 0. The average molecular weight is 237 g/mol. The van der Waals surface area contributed by atoms with Crippen molar-refractivity contribution in [3.8, 4) is 5.75 Å². The van der Waals surface area contributed by atoms with Crippen LogP contribution in [0.4, 0.5) is 5.95 Å². The highest BCUT2D eigenvalue weighted by Gasteiger charge is 2.39. The molecule has 0 radical (unpaired) electrons. The molecular weight excluding hydrogens is 225 g/mol. The summed E-state index contributed by atoms with van der Waals surface area (Å²) in [5.74, 6) is 0.838. The number of piperidine rings is 1. The van der Waals surface area contributed by atoms with Crippen LogP contribution in [0.25, 0.3) is 0 Å². The number of rotatable bonds is 3. The van der Waals surface area contributed by atoms with E-state index in [0.717, 1.165) is 19.5 Å². The maximum Gasteiger partial charge on any atom is 0.707 e. The number of fused-ring (bicyclic) bond motifs is 2. The van der Waals surface area contributed by atoms with Gasteiger partial charge in [-0.3, -0.25) is 0 Å². The number of hydrogen-bond donors (Lipinski definition) is 2. The molecule has 3 fully saturated rings. The van der Waals surface area contributed by atoms with Gasteiger partial charge in [-0.05, 0) is 0 Å². The second-order valence-electron chi connectivity index (χ2n) is 4.18. The summed E-state index contributed by atoms with van der Waals surface area (Å²) >= 11 is 0. The largest absolute Gasteiger partial charge is 0.707 e. The third-order valence-corrected chi connectivity index (χ3v) is 2.90. The van der Waals surface area contributed by atoms with Crippen LogP contribution in [0.15, 0.2) is 12.4 Å². The van der Waals surface area contributed by atoms with E-state index in [0.29, 0.717) is 18.2 Å². The Morgan fingerprint density at radius 2 is 1.88 bits per heavy atom. The van der Waals surface area contributed by atoms with E-state index in [4.69, 9.17) is 14.8 Å². The summed E-state index contributed by atoms with van der Waals surface area (Å²) in [6.07, 6.45) is 4.56. The van der Waals surface area contributed by atoms with Gasteiger partial charge >= 0.3 is 7.32 Å². The fraction of sp³-hybridized carbons (Fsp3) is 0.556. The number of ether oxygens (including phenoxy) is 1. The van der Waals surface area contributed by atoms with E-state index >= 15 is 0 Å². The molecule has 4 heterocycles. The molecule has 3 aliphatic heterocycles. The third-order valence-electron chi connectivity index (χ3n) is 2.90. The van der Waals surface area contributed by atoms with Gasteiger partial charge in [0.2, 0.25) is 5.95 Å². The van der Waals surface area contributed by atoms with E-state index in [1.807, 2.05) is 0 Å². The smallest absolute Gasteiger partial charge is 0.509 e. The predicted octanol–water partition coefficient (Wildman–Crippen LogP) is -1.20. The molecule has 3 aliphatic rings. The van der Waals surface area contributed by atoms with Gasteiger partial charge in [-0.1, -0.05) is 0 Å². The number of morpholine rings is 1. The van der Waals surface area contributed by atoms with Crippen molar-refractivity contribution in [2.75, 3.05) is 18.0 Å². The molecular formula is C9H12BN3O4. The van der Waals surface area contributed by atoms with Crippen molar-refractivity contribution in [2.45, 2.75) is 18.6 Å². The fourth-order valence-electron chi connectivity index (χ4n) is 2.17. The highest BCUT2D eigenvalue weighted by atomic mass is 16.6. The molecule has 0 aromatic carbocycles. The zero-order chi connectivity index (χ0) is 11.8. The number of anilines is 1. The molecule has 0 aliphatic carbocycles. The monoisotopic (exact) mass is 237 g/mol. The molecule has 2 N–H and O–H groups in total. The molecule has 0 spiro atoms. The van der Waals surface area contributed by atoms with Gasteiger partial charge < -0.3 is 24.3 Å². The maximum absolute atomic E-state index is 8.62. The number of hydrogen-bond acceptors (Lipinski definition) is 7. The first-order valence-electron chi connectivity index (χ1n) is 5.46. The zero-order valence-corrected chi connectivity index (χ0v) is 9.06. The first-order valence-corrected chi connectivity index (χ1v) is 5.46. The quantitative estimate of drug-likeness (QED) is 0.638. The first kappa shape index (κ1) is 10.8. The topological polar surface area (TPSA) is 87.9 Å². The third kappa shape index (κ3) is 2.19. The predicted molar refractivity (Wildman–Crippen MR) is 58.3 cm³/mol. The summed E-state index contributed by atoms with van der Waals surface area (Å²) < 4.78 is 10.1. The molecule has 3 saturated heterocycles. The lowest BCUT2D eigenvalue weighted by molar-refractivity contribution is -0.133. The first-order chi connectivity index (χ1) is 8.20. The Hall–Kier alpha value is -1.38. The van der Waals surface area contributed by atoms with Crippen LogP contribution < -0.4 is 9.55 Å². The van der Waals surface area contributed by atoms with Crippen molar-refractivity contribution < 1.29 is 19.4 Å². The molecule has 4 rings (SSSR count). The highest BCUT2D eigenvalue weighted by molar-refractivity contribution is 6.33. The Bertz CT molecular complexity index is 386. The molecule has 1 aromatic heterocycles. The van der Waals surface area contributed by atoms with Crippen LogP contribution in [-0.4, -0.2) is 52.6 Å². The summed E-state index contributed by atoms with van der Waals surface area (Å²) in [5.41, 5.74) is 0. The average Bonchev–Trinajstić information content (AvgIpc) is 2.28. The Labute approximate surface area is 98.2 Å². The minimum Gasteiger partial charge on any atom is -0.509 e. The van der Waals surface area contributed by atoms with Gasteiger partial charge in [-0.15, -0.1) is 0 Å². The SMILES string of the molecule is OB(O)Oc1cnc(N2CC3CC(C2)O3)nc1. The van der Waals surface area contributed by atoms with Gasteiger partial charge in [0.05, 0.1) is 24.6 Å². The molecule has 0 saturated carbocycles. The van der Waals surface area contributed by atoms with Gasteiger partial charge in [0, 0.05) is 19.5 Å². The van der Waals surface area contributed by atoms with Crippen LogP contribution in [0, 0.1) is 0 Å².